The Morgan fingerprint density at radius 1 is 0.812 bits per heavy atom. The maximum Gasteiger partial charge on any atom is 0.257 e. The number of nitrogens with one attached hydrogen (secondary N) is 2. The molecule has 0 atom stereocenters. The molecule has 0 saturated carbocycles. The van der Waals surface area contributed by atoms with E-state index in [-0.39, 0.29) is 17.1 Å². The first-order valence-electron chi connectivity index (χ1n) is 10.3. The van der Waals surface area contributed by atoms with Crippen LogP contribution in [0.2, 0.25) is 0 Å². The molecule has 1 amide bonds. The van der Waals surface area contributed by atoms with Crippen molar-refractivity contribution in [2.45, 2.75) is 20.0 Å². The van der Waals surface area contributed by atoms with Gasteiger partial charge in [0.1, 0.15) is 30.5 Å². The Morgan fingerprint density at radius 2 is 1.38 bits per heavy atom. The number of anilines is 1. The Labute approximate surface area is 193 Å². The molecule has 0 aliphatic heterocycles. The first-order valence-corrected chi connectivity index (χ1v) is 10.7. The molecule has 7 heteroatoms. The third-order valence-corrected chi connectivity index (χ3v) is 4.40. The molecule has 3 rings (SSSR count). The summed E-state index contributed by atoms with van der Waals surface area (Å²) in [6, 6.07) is 23.8. The normalized spacial score (nSPS) is 10.3. The summed E-state index contributed by atoms with van der Waals surface area (Å²) < 4.78 is 16.9. The summed E-state index contributed by atoms with van der Waals surface area (Å²) >= 11 is 5.24. The lowest BCUT2D eigenvalue weighted by Crippen LogP contribution is -2.34. The van der Waals surface area contributed by atoms with E-state index >= 15 is 0 Å². The lowest BCUT2D eigenvalue weighted by Gasteiger charge is -2.12. The number of amides is 1. The summed E-state index contributed by atoms with van der Waals surface area (Å²) in [7, 11) is 0. The quantitative estimate of drug-likeness (QED) is 0.351. The van der Waals surface area contributed by atoms with Crippen LogP contribution < -0.4 is 24.8 Å². The average molecular weight is 451 g/mol. The number of benzene rings is 3. The summed E-state index contributed by atoms with van der Waals surface area (Å²) in [4.78, 5) is 12.4. The number of carbonyl (C=O) groups is 1. The van der Waals surface area contributed by atoms with Crippen LogP contribution in [-0.2, 0) is 0 Å². The highest BCUT2D eigenvalue weighted by Crippen LogP contribution is 2.17. The van der Waals surface area contributed by atoms with E-state index in [1.54, 1.807) is 24.3 Å². The zero-order valence-corrected chi connectivity index (χ0v) is 18.9. The smallest absolute Gasteiger partial charge is 0.257 e. The lowest BCUT2D eigenvalue weighted by atomic mass is 10.2. The molecular weight excluding hydrogens is 424 g/mol. The molecule has 32 heavy (non-hydrogen) atoms. The third kappa shape index (κ3) is 7.59. The fraction of sp³-hybridized carbons (Fsp3) is 0.200. The molecule has 0 fully saturated rings. The second-order valence-corrected chi connectivity index (χ2v) is 7.54. The van der Waals surface area contributed by atoms with Crippen molar-refractivity contribution in [2.75, 3.05) is 18.5 Å². The Hall–Kier alpha value is -3.58. The first kappa shape index (κ1) is 23.1. The van der Waals surface area contributed by atoms with Crippen molar-refractivity contribution < 1.29 is 19.0 Å². The van der Waals surface area contributed by atoms with Crippen LogP contribution in [0.5, 0.6) is 17.2 Å². The van der Waals surface area contributed by atoms with Crippen molar-refractivity contribution in [1.82, 2.24) is 5.32 Å². The van der Waals surface area contributed by atoms with Crippen LogP contribution in [0.3, 0.4) is 0 Å². The summed E-state index contributed by atoms with van der Waals surface area (Å²) in [6.45, 7) is 4.77. The van der Waals surface area contributed by atoms with E-state index in [0.29, 0.717) is 30.3 Å². The molecule has 3 aromatic rings. The maximum absolute atomic E-state index is 12.4. The van der Waals surface area contributed by atoms with E-state index in [1.165, 1.54) is 0 Å². The zero-order chi connectivity index (χ0) is 22.8. The molecule has 0 aliphatic rings. The number of thiocarbonyl (C=S) groups is 1. The molecule has 0 radical (unpaired) electrons. The first-order chi connectivity index (χ1) is 15.5. The Kier molecular flexibility index (Phi) is 8.45. The highest BCUT2D eigenvalue weighted by molar-refractivity contribution is 7.80. The van der Waals surface area contributed by atoms with Gasteiger partial charge in [-0.1, -0.05) is 18.2 Å². The topological polar surface area (TPSA) is 68.8 Å². The predicted molar refractivity (Wildman–Crippen MR) is 130 cm³/mol. The summed E-state index contributed by atoms with van der Waals surface area (Å²) in [5.74, 6) is 1.94. The molecule has 0 aliphatic carbocycles. The van der Waals surface area contributed by atoms with Crippen molar-refractivity contribution in [2.24, 2.45) is 0 Å². The van der Waals surface area contributed by atoms with Gasteiger partial charge >= 0.3 is 0 Å². The average Bonchev–Trinajstić information content (AvgIpc) is 2.78. The fourth-order valence-corrected chi connectivity index (χ4v) is 2.98. The minimum Gasteiger partial charge on any atom is -0.491 e. The van der Waals surface area contributed by atoms with Crippen molar-refractivity contribution in [3.05, 3.63) is 84.4 Å². The van der Waals surface area contributed by atoms with Crippen LogP contribution in [0, 0.1) is 0 Å². The minimum atomic E-state index is -0.294. The van der Waals surface area contributed by atoms with Crippen molar-refractivity contribution >= 4 is 28.9 Å². The number of rotatable bonds is 9. The van der Waals surface area contributed by atoms with Gasteiger partial charge in [0.05, 0.1) is 6.10 Å². The van der Waals surface area contributed by atoms with Gasteiger partial charge in [-0.3, -0.25) is 10.1 Å². The van der Waals surface area contributed by atoms with Gasteiger partial charge in [-0.25, -0.2) is 0 Å². The van der Waals surface area contributed by atoms with Gasteiger partial charge in [0.15, 0.2) is 5.11 Å². The predicted octanol–water partition coefficient (Wildman–Crippen LogP) is 5.06. The van der Waals surface area contributed by atoms with Crippen molar-refractivity contribution in [1.29, 1.82) is 0 Å². The number of para-hydroxylation sites is 1. The van der Waals surface area contributed by atoms with E-state index in [9.17, 15) is 4.79 Å². The molecular formula is C25H26N2O4S. The van der Waals surface area contributed by atoms with Crippen molar-refractivity contribution in [3.8, 4) is 17.2 Å². The van der Waals surface area contributed by atoms with E-state index < -0.39 is 0 Å². The molecule has 0 heterocycles. The van der Waals surface area contributed by atoms with Crippen LogP contribution in [0.4, 0.5) is 5.69 Å². The van der Waals surface area contributed by atoms with Gasteiger partial charge in [0, 0.05) is 11.3 Å². The number of hydrogen-bond acceptors (Lipinski definition) is 5. The van der Waals surface area contributed by atoms with Gasteiger partial charge < -0.3 is 19.5 Å². The number of ether oxygens (including phenoxy) is 3. The Balaban J connectivity index is 1.41. The maximum atomic E-state index is 12.4. The molecule has 0 unspecified atom stereocenters. The van der Waals surface area contributed by atoms with Gasteiger partial charge in [-0.15, -0.1) is 0 Å². The standard InChI is InChI=1S/C25H26N2O4S/c1-18(2)31-23-12-8-19(9-13-23)24(28)27-25(32)26-20-10-14-22(15-11-20)30-17-16-29-21-6-4-3-5-7-21/h3-15,18H,16-17H2,1-2H3,(H2,26,27,28,32). The molecule has 6 nitrogen and oxygen atoms in total. The monoisotopic (exact) mass is 450 g/mol. The van der Waals surface area contributed by atoms with E-state index in [2.05, 4.69) is 10.6 Å². The van der Waals surface area contributed by atoms with Gasteiger partial charge in [-0.05, 0) is 86.7 Å². The third-order valence-electron chi connectivity index (χ3n) is 4.19. The molecule has 0 spiro atoms. The fourth-order valence-electron chi connectivity index (χ4n) is 2.76. The largest absolute Gasteiger partial charge is 0.491 e. The summed E-state index contributed by atoms with van der Waals surface area (Å²) in [6.07, 6.45) is 0.0749. The van der Waals surface area contributed by atoms with E-state index in [1.807, 2.05) is 68.4 Å². The number of hydrogen-bond donors (Lipinski definition) is 2. The molecule has 0 saturated heterocycles. The van der Waals surface area contributed by atoms with E-state index in [4.69, 9.17) is 26.4 Å². The highest BCUT2D eigenvalue weighted by atomic mass is 32.1. The highest BCUT2D eigenvalue weighted by Gasteiger charge is 2.09. The van der Waals surface area contributed by atoms with Crippen molar-refractivity contribution in [3.63, 3.8) is 0 Å². The molecule has 2 N–H and O–H groups in total. The summed E-state index contributed by atoms with van der Waals surface area (Å²) in [5, 5.41) is 5.87. The van der Waals surface area contributed by atoms with Crippen LogP contribution in [-0.4, -0.2) is 30.3 Å². The van der Waals surface area contributed by atoms with Gasteiger partial charge in [-0.2, -0.15) is 0 Å². The minimum absolute atomic E-state index is 0.0749. The van der Waals surface area contributed by atoms with E-state index in [0.717, 1.165) is 11.4 Å². The second-order valence-electron chi connectivity index (χ2n) is 7.13. The molecule has 3 aromatic carbocycles. The van der Waals surface area contributed by atoms with Crippen LogP contribution in [0.25, 0.3) is 0 Å². The zero-order valence-electron chi connectivity index (χ0n) is 18.0. The van der Waals surface area contributed by atoms with Gasteiger partial charge in [0.2, 0.25) is 0 Å². The Bertz CT molecular complexity index is 1010. The van der Waals surface area contributed by atoms with Crippen LogP contribution in [0.15, 0.2) is 78.9 Å². The molecule has 0 aromatic heterocycles. The van der Waals surface area contributed by atoms with Gasteiger partial charge in [0.25, 0.3) is 5.91 Å². The van der Waals surface area contributed by atoms with Crippen LogP contribution >= 0.6 is 12.2 Å². The SMILES string of the molecule is CC(C)Oc1ccc(C(=O)NC(=S)Nc2ccc(OCCOc3ccccc3)cc2)cc1. The van der Waals surface area contributed by atoms with Crippen LogP contribution in [0.1, 0.15) is 24.2 Å². The Morgan fingerprint density at radius 3 is 1.97 bits per heavy atom. The summed E-state index contributed by atoms with van der Waals surface area (Å²) in [5.41, 5.74) is 1.23. The molecule has 166 valence electrons. The number of carbonyl (C=O) groups excluding carboxylic acids is 1. The second kappa shape index (κ2) is 11.7. The lowest BCUT2D eigenvalue weighted by molar-refractivity contribution is 0.0977. The molecule has 0 bridgehead atoms.